The molecule has 0 aromatic heterocycles. The second-order valence-electron chi connectivity index (χ2n) is 4.64. The molecular weight excluding hydrogens is 272 g/mol. The Morgan fingerprint density at radius 2 is 2.11 bits per heavy atom. The quantitative estimate of drug-likeness (QED) is 0.502. The minimum Gasteiger partial charge on any atom is -0.446 e. The summed E-state index contributed by atoms with van der Waals surface area (Å²) in [6.45, 7) is 3.46. The number of hydrogen-bond acceptors (Lipinski definition) is 5. The van der Waals surface area contributed by atoms with Gasteiger partial charge in [0.15, 0.2) is 0 Å². The summed E-state index contributed by atoms with van der Waals surface area (Å²) in [5.74, 6) is -0.220. The first-order chi connectivity index (χ1) is 8.74. The number of nitrogens with zero attached hydrogens (tertiary/aromatic N) is 1. The van der Waals surface area contributed by atoms with E-state index in [0.29, 0.717) is 12.8 Å². The van der Waals surface area contributed by atoms with Gasteiger partial charge in [-0.25, -0.2) is 9.52 Å². The van der Waals surface area contributed by atoms with Gasteiger partial charge in [-0.05, 0) is 26.7 Å². The van der Waals surface area contributed by atoms with E-state index in [0.717, 1.165) is 10.7 Å². The van der Waals surface area contributed by atoms with Gasteiger partial charge in [0, 0.05) is 6.54 Å². The van der Waals surface area contributed by atoms with Gasteiger partial charge in [-0.1, -0.05) is 6.42 Å². The van der Waals surface area contributed by atoms with Crippen molar-refractivity contribution in [1.29, 1.82) is 5.41 Å². The van der Waals surface area contributed by atoms with Crippen molar-refractivity contribution < 1.29 is 17.9 Å². The summed E-state index contributed by atoms with van der Waals surface area (Å²) < 4.78 is 31.7. The minimum absolute atomic E-state index is 0.220. The molecule has 0 aromatic carbocycles. The Bertz CT molecular complexity index is 448. The second kappa shape index (κ2) is 6.20. The number of nitrogens with one attached hydrogen (secondary N) is 2. The van der Waals surface area contributed by atoms with Crippen molar-refractivity contribution in [2.45, 2.75) is 45.3 Å². The van der Waals surface area contributed by atoms with E-state index in [1.54, 1.807) is 13.8 Å². The SMILES string of the molecule is CC(C)OC(=O)NS(=O)(=O)N1CCCCC1C(=N)N. The third-order valence-corrected chi connectivity index (χ3v) is 4.16. The number of carbonyl (C=O) groups excluding carboxylic acids is 1. The molecular formula is C10H20N4O4S. The number of nitrogens with two attached hydrogens (primary N) is 1. The van der Waals surface area contributed by atoms with E-state index in [-0.39, 0.29) is 12.4 Å². The highest BCUT2D eigenvalue weighted by Crippen LogP contribution is 2.19. The van der Waals surface area contributed by atoms with Crippen molar-refractivity contribution in [2.75, 3.05) is 6.54 Å². The van der Waals surface area contributed by atoms with Crippen LogP contribution in [0.2, 0.25) is 0 Å². The Kier molecular flexibility index (Phi) is 5.12. The maximum absolute atomic E-state index is 12.1. The molecule has 19 heavy (non-hydrogen) atoms. The summed E-state index contributed by atoms with van der Waals surface area (Å²) in [5, 5.41) is 7.42. The summed E-state index contributed by atoms with van der Waals surface area (Å²) in [5.41, 5.74) is 5.40. The number of carbonyl (C=O) groups is 1. The molecule has 110 valence electrons. The van der Waals surface area contributed by atoms with Crippen molar-refractivity contribution in [2.24, 2.45) is 5.73 Å². The van der Waals surface area contributed by atoms with Gasteiger partial charge in [-0.15, -0.1) is 0 Å². The molecule has 1 fully saturated rings. The molecule has 9 heteroatoms. The van der Waals surface area contributed by atoms with Crippen LogP contribution in [0.4, 0.5) is 4.79 Å². The van der Waals surface area contributed by atoms with Crippen molar-refractivity contribution in [3.8, 4) is 0 Å². The lowest BCUT2D eigenvalue weighted by molar-refractivity contribution is 0.120. The van der Waals surface area contributed by atoms with E-state index in [4.69, 9.17) is 15.9 Å². The first kappa shape index (κ1) is 15.7. The molecule has 0 bridgehead atoms. The van der Waals surface area contributed by atoms with E-state index >= 15 is 0 Å². The highest BCUT2D eigenvalue weighted by Gasteiger charge is 2.35. The molecule has 4 N–H and O–H groups in total. The lowest BCUT2D eigenvalue weighted by Gasteiger charge is -2.33. The van der Waals surface area contributed by atoms with Crippen molar-refractivity contribution in [3.63, 3.8) is 0 Å². The van der Waals surface area contributed by atoms with Crippen molar-refractivity contribution in [3.05, 3.63) is 0 Å². The molecule has 1 rings (SSSR count). The van der Waals surface area contributed by atoms with E-state index in [9.17, 15) is 13.2 Å². The van der Waals surface area contributed by atoms with Gasteiger partial charge in [0.05, 0.1) is 12.1 Å². The number of piperidine rings is 1. The Morgan fingerprint density at radius 3 is 2.63 bits per heavy atom. The molecule has 0 aromatic rings. The second-order valence-corrected chi connectivity index (χ2v) is 6.26. The monoisotopic (exact) mass is 292 g/mol. The summed E-state index contributed by atoms with van der Waals surface area (Å²) in [6.07, 6.45) is 0.509. The summed E-state index contributed by atoms with van der Waals surface area (Å²) in [7, 11) is -4.03. The maximum atomic E-state index is 12.1. The van der Waals surface area contributed by atoms with Gasteiger partial charge in [0.25, 0.3) is 0 Å². The first-order valence-electron chi connectivity index (χ1n) is 6.08. The van der Waals surface area contributed by atoms with Crippen LogP contribution in [0.1, 0.15) is 33.1 Å². The van der Waals surface area contributed by atoms with E-state index in [1.165, 1.54) is 0 Å². The molecule has 0 radical (unpaired) electrons. The van der Waals surface area contributed by atoms with Gasteiger partial charge < -0.3 is 10.5 Å². The van der Waals surface area contributed by atoms with Crippen LogP contribution in [0.5, 0.6) is 0 Å². The predicted octanol–water partition coefficient (Wildman–Crippen LogP) is 0.156. The van der Waals surface area contributed by atoms with Crippen LogP contribution in [0.3, 0.4) is 0 Å². The number of amidine groups is 1. The lowest BCUT2D eigenvalue weighted by Crippen LogP contribution is -2.54. The van der Waals surface area contributed by atoms with Crippen molar-refractivity contribution in [1.82, 2.24) is 9.03 Å². The topological polar surface area (TPSA) is 126 Å². The zero-order chi connectivity index (χ0) is 14.6. The molecule has 1 saturated heterocycles. The number of ether oxygens (including phenoxy) is 1. The van der Waals surface area contributed by atoms with Crippen LogP contribution >= 0.6 is 0 Å². The zero-order valence-electron chi connectivity index (χ0n) is 11.0. The summed E-state index contributed by atoms with van der Waals surface area (Å²) >= 11 is 0. The van der Waals surface area contributed by atoms with Gasteiger partial charge in [-0.2, -0.15) is 12.7 Å². The highest BCUT2D eigenvalue weighted by atomic mass is 32.2. The van der Waals surface area contributed by atoms with Gasteiger partial charge in [-0.3, -0.25) is 5.41 Å². The largest absolute Gasteiger partial charge is 0.446 e. The van der Waals surface area contributed by atoms with Gasteiger partial charge >= 0.3 is 16.3 Å². The Labute approximate surface area is 113 Å². The average Bonchev–Trinajstić information content (AvgIpc) is 2.26. The first-order valence-corrected chi connectivity index (χ1v) is 7.52. The summed E-state index contributed by atoms with van der Waals surface area (Å²) in [6, 6.07) is -0.696. The Morgan fingerprint density at radius 1 is 1.47 bits per heavy atom. The van der Waals surface area contributed by atoms with E-state index < -0.39 is 28.4 Å². The molecule has 8 nitrogen and oxygen atoms in total. The molecule has 1 heterocycles. The molecule has 1 aliphatic heterocycles. The Hall–Kier alpha value is -1.35. The van der Waals surface area contributed by atoms with Crippen LogP contribution in [0.25, 0.3) is 0 Å². The smallest absolute Gasteiger partial charge is 0.422 e. The molecule has 1 unspecified atom stereocenters. The fraction of sp³-hybridized carbons (Fsp3) is 0.800. The number of amides is 1. The van der Waals surface area contributed by atoms with Crippen LogP contribution in [0.15, 0.2) is 0 Å². The standard InChI is InChI=1S/C10H20N4O4S/c1-7(2)18-10(15)13-19(16,17)14-6-4-3-5-8(14)9(11)12/h7-8H,3-6H2,1-2H3,(H3,11,12)(H,13,15). The normalized spacial score (nSPS) is 21.1. The third kappa shape index (κ3) is 4.35. The minimum atomic E-state index is -4.03. The summed E-state index contributed by atoms with van der Waals surface area (Å²) in [4.78, 5) is 11.4. The van der Waals surface area contributed by atoms with Gasteiger partial charge in [0.2, 0.25) is 0 Å². The molecule has 1 amide bonds. The maximum Gasteiger partial charge on any atom is 0.422 e. The van der Waals surface area contributed by atoms with Crippen LogP contribution in [0, 0.1) is 5.41 Å². The van der Waals surface area contributed by atoms with Crippen LogP contribution in [-0.4, -0.2) is 43.3 Å². The highest BCUT2D eigenvalue weighted by molar-refractivity contribution is 7.87. The van der Waals surface area contributed by atoms with Crippen molar-refractivity contribution >= 4 is 22.1 Å². The van der Waals surface area contributed by atoms with Crippen LogP contribution in [-0.2, 0) is 14.9 Å². The molecule has 0 spiro atoms. The van der Waals surface area contributed by atoms with Gasteiger partial charge in [0.1, 0.15) is 5.84 Å². The molecule has 1 aliphatic rings. The molecule has 0 saturated carbocycles. The number of hydrogen-bond donors (Lipinski definition) is 3. The van der Waals surface area contributed by atoms with E-state index in [1.807, 2.05) is 4.72 Å². The van der Waals surface area contributed by atoms with Crippen LogP contribution < -0.4 is 10.5 Å². The number of rotatable bonds is 4. The third-order valence-electron chi connectivity index (χ3n) is 2.68. The molecule has 1 atom stereocenters. The molecule has 0 aliphatic carbocycles. The zero-order valence-corrected chi connectivity index (χ0v) is 11.9. The Balaban J connectivity index is 2.79. The predicted molar refractivity (Wildman–Crippen MR) is 69.9 cm³/mol. The van der Waals surface area contributed by atoms with E-state index in [2.05, 4.69) is 0 Å². The average molecular weight is 292 g/mol. The fourth-order valence-electron chi connectivity index (χ4n) is 1.91. The fourth-order valence-corrected chi connectivity index (χ4v) is 3.20. The lowest BCUT2D eigenvalue weighted by atomic mass is 10.0.